The lowest BCUT2D eigenvalue weighted by molar-refractivity contribution is 0.415. The van der Waals surface area contributed by atoms with Gasteiger partial charge in [-0.15, -0.1) is 0 Å². The summed E-state index contributed by atoms with van der Waals surface area (Å²) in [6.07, 6.45) is 0. The van der Waals surface area contributed by atoms with E-state index in [2.05, 4.69) is 21.5 Å². The van der Waals surface area contributed by atoms with Crippen LogP contribution in [0.4, 0.5) is 5.95 Å². The van der Waals surface area contributed by atoms with Crippen LogP contribution in [-0.4, -0.2) is 17.1 Å². The van der Waals surface area contributed by atoms with Crippen LogP contribution in [0.25, 0.3) is 11.3 Å². The highest BCUT2D eigenvalue weighted by Gasteiger charge is 2.13. The van der Waals surface area contributed by atoms with Gasteiger partial charge in [0, 0.05) is 11.3 Å². The van der Waals surface area contributed by atoms with Gasteiger partial charge in [0.25, 0.3) is 0 Å². The van der Waals surface area contributed by atoms with Gasteiger partial charge in [0.1, 0.15) is 5.75 Å². The van der Waals surface area contributed by atoms with E-state index in [0.29, 0.717) is 5.95 Å². The van der Waals surface area contributed by atoms with Crippen LogP contribution in [0.3, 0.4) is 0 Å². The van der Waals surface area contributed by atoms with Crippen molar-refractivity contribution in [3.05, 3.63) is 35.0 Å². The topological polar surface area (TPSA) is 73.1 Å². The number of hydrogen-bond donors (Lipinski definition) is 2. The number of nitrogen functional groups attached to an aromatic ring is 1. The number of hydrazine groups is 1. The number of rotatable bonds is 3. The van der Waals surface area contributed by atoms with E-state index >= 15 is 0 Å². The third-order valence-electron chi connectivity index (χ3n) is 2.90. The van der Waals surface area contributed by atoms with E-state index in [0.717, 1.165) is 33.8 Å². The van der Waals surface area contributed by atoms with Crippen molar-refractivity contribution in [2.24, 2.45) is 5.84 Å². The van der Waals surface area contributed by atoms with E-state index in [-0.39, 0.29) is 0 Å². The summed E-state index contributed by atoms with van der Waals surface area (Å²) < 4.78 is 5.46. The highest BCUT2D eigenvalue weighted by atomic mass is 16.5. The van der Waals surface area contributed by atoms with Crippen LogP contribution in [0.2, 0.25) is 0 Å². The SMILES string of the molecule is COc1cc(C)cc(C)c1-c1cc(C)nc(NN)n1. The number of aryl methyl sites for hydroxylation is 3. The molecule has 0 fully saturated rings. The van der Waals surface area contributed by atoms with Crippen LogP contribution >= 0.6 is 0 Å². The third kappa shape index (κ3) is 2.66. The van der Waals surface area contributed by atoms with Crippen molar-refractivity contribution in [2.45, 2.75) is 20.8 Å². The van der Waals surface area contributed by atoms with Gasteiger partial charge >= 0.3 is 0 Å². The molecule has 2 rings (SSSR count). The molecule has 2 aromatic rings. The van der Waals surface area contributed by atoms with Gasteiger partial charge in [-0.3, -0.25) is 5.43 Å². The second-order valence-electron chi connectivity index (χ2n) is 4.52. The van der Waals surface area contributed by atoms with Crippen LogP contribution in [0, 0.1) is 20.8 Å². The maximum Gasteiger partial charge on any atom is 0.237 e. The van der Waals surface area contributed by atoms with E-state index in [4.69, 9.17) is 10.6 Å². The smallest absolute Gasteiger partial charge is 0.237 e. The molecule has 0 amide bonds. The van der Waals surface area contributed by atoms with Gasteiger partial charge in [0.05, 0.1) is 12.8 Å². The van der Waals surface area contributed by atoms with Gasteiger partial charge in [-0.1, -0.05) is 6.07 Å². The van der Waals surface area contributed by atoms with Crippen molar-refractivity contribution >= 4 is 5.95 Å². The summed E-state index contributed by atoms with van der Waals surface area (Å²) in [6, 6.07) is 6.02. The Balaban J connectivity index is 2.67. The predicted molar refractivity (Wildman–Crippen MR) is 76.0 cm³/mol. The lowest BCUT2D eigenvalue weighted by atomic mass is 10.0. The Hall–Kier alpha value is -2.14. The first-order chi connectivity index (χ1) is 9.05. The lowest BCUT2D eigenvalue weighted by Crippen LogP contribution is -2.11. The molecule has 0 unspecified atom stereocenters. The maximum atomic E-state index is 5.46. The number of hydrogen-bond acceptors (Lipinski definition) is 5. The molecule has 5 heteroatoms. The summed E-state index contributed by atoms with van der Waals surface area (Å²) in [6.45, 7) is 5.98. The molecule has 1 aromatic carbocycles. The molecular formula is C14H18N4O. The Morgan fingerprint density at radius 1 is 1.11 bits per heavy atom. The summed E-state index contributed by atoms with van der Waals surface area (Å²) in [5.41, 5.74) is 7.36. The van der Waals surface area contributed by atoms with E-state index in [1.54, 1.807) is 7.11 Å². The second-order valence-corrected chi connectivity index (χ2v) is 4.52. The van der Waals surface area contributed by atoms with Crippen molar-refractivity contribution in [3.8, 4) is 17.0 Å². The van der Waals surface area contributed by atoms with E-state index in [1.807, 2.05) is 32.9 Å². The zero-order chi connectivity index (χ0) is 14.0. The lowest BCUT2D eigenvalue weighted by Gasteiger charge is -2.13. The zero-order valence-electron chi connectivity index (χ0n) is 11.6. The first kappa shape index (κ1) is 13.3. The van der Waals surface area contributed by atoms with Crippen LogP contribution in [0.15, 0.2) is 18.2 Å². The van der Waals surface area contributed by atoms with Gasteiger partial charge in [-0.25, -0.2) is 15.8 Å². The fourth-order valence-electron chi connectivity index (χ4n) is 2.18. The largest absolute Gasteiger partial charge is 0.496 e. The van der Waals surface area contributed by atoms with E-state index in [9.17, 15) is 0 Å². The molecule has 1 aromatic heterocycles. The minimum absolute atomic E-state index is 0.400. The normalized spacial score (nSPS) is 10.4. The molecule has 0 aliphatic heterocycles. The summed E-state index contributed by atoms with van der Waals surface area (Å²) in [5.74, 6) is 6.60. The van der Waals surface area contributed by atoms with Crippen LogP contribution in [0.5, 0.6) is 5.75 Å². The first-order valence-corrected chi connectivity index (χ1v) is 6.03. The minimum Gasteiger partial charge on any atom is -0.496 e. The molecule has 0 radical (unpaired) electrons. The zero-order valence-corrected chi connectivity index (χ0v) is 11.6. The Morgan fingerprint density at radius 2 is 1.84 bits per heavy atom. The number of nitrogens with two attached hydrogens (primary N) is 1. The molecule has 0 aliphatic carbocycles. The number of nitrogens with zero attached hydrogens (tertiary/aromatic N) is 2. The summed E-state index contributed by atoms with van der Waals surface area (Å²) >= 11 is 0. The van der Waals surface area contributed by atoms with Crippen molar-refractivity contribution in [1.82, 2.24) is 9.97 Å². The van der Waals surface area contributed by atoms with Gasteiger partial charge in [-0.2, -0.15) is 0 Å². The quantitative estimate of drug-likeness (QED) is 0.653. The maximum absolute atomic E-state index is 5.46. The highest BCUT2D eigenvalue weighted by molar-refractivity contribution is 5.72. The van der Waals surface area contributed by atoms with E-state index in [1.165, 1.54) is 0 Å². The summed E-state index contributed by atoms with van der Waals surface area (Å²) in [4.78, 5) is 8.59. The number of ether oxygens (including phenoxy) is 1. The Bertz CT molecular complexity index is 611. The fraction of sp³-hybridized carbons (Fsp3) is 0.286. The molecule has 0 bridgehead atoms. The van der Waals surface area contributed by atoms with Crippen molar-refractivity contribution in [2.75, 3.05) is 12.5 Å². The van der Waals surface area contributed by atoms with Crippen LogP contribution in [0.1, 0.15) is 16.8 Å². The molecule has 100 valence electrons. The third-order valence-corrected chi connectivity index (χ3v) is 2.90. The van der Waals surface area contributed by atoms with E-state index < -0.39 is 0 Å². The molecule has 0 atom stereocenters. The minimum atomic E-state index is 0.400. The van der Waals surface area contributed by atoms with Crippen molar-refractivity contribution in [1.29, 1.82) is 0 Å². The van der Waals surface area contributed by atoms with Crippen molar-refractivity contribution in [3.63, 3.8) is 0 Å². The predicted octanol–water partition coefficient (Wildman–Crippen LogP) is 2.36. The molecule has 5 nitrogen and oxygen atoms in total. The Morgan fingerprint density at radius 3 is 2.47 bits per heavy atom. The van der Waals surface area contributed by atoms with Gasteiger partial charge in [0.15, 0.2) is 0 Å². The second kappa shape index (κ2) is 5.24. The van der Waals surface area contributed by atoms with Crippen LogP contribution in [-0.2, 0) is 0 Å². The standard InChI is InChI=1S/C14H18N4O/c1-8-5-9(2)13(12(6-8)19-4)11-7-10(3)16-14(17-11)18-15/h5-7H,15H2,1-4H3,(H,16,17,18). The molecule has 3 N–H and O–H groups in total. The number of aromatic nitrogens is 2. The van der Waals surface area contributed by atoms with Crippen LogP contribution < -0.4 is 16.0 Å². The van der Waals surface area contributed by atoms with Gasteiger partial charge in [-0.05, 0) is 44.0 Å². The molecule has 0 aliphatic rings. The number of benzene rings is 1. The number of nitrogens with one attached hydrogen (secondary N) is 1. The molecule has 19 heavy (non-hydrogen) atoms. The Kier molecular flexibility index (Phi) is 3.66. The molecule has 0 saturated heterocycles. The fourth-order valence-corrected chi connectivity index (χ4v) is 2.18. The molecule has 1 heterocycles. The monoisotopic (exact) mass is 258 g/mol. The average molecular weight is 258 g/mol. The number of methoxy groups -OCH3 is 1. The highest BCUT2D eigenvalue weighted by Crippen LogP contribution is 2.33. The number of anilines is 1. The summed E-state index contributed by atoms with van der Waals surface area (Å²) in [5, 5.41) is 0. The first-order valence-electron chi connectivity index (χ1n) is 6.03. The average Bonchev–Trinajstić information content (AvgIpc) is 2.36. The van der Waals surface area contributed by atoms with Gasteiger partial charge < -0.3 is 4.74 Å². The van der Waals surface area contributed by atoms with Gasteiger partial charge in [0.2, 0.25) is 5.95 Å². The molecule has 0 saturated carbocycles. The molecular weight excluding hydrogens is 240 g/mol. The van der Waals surface area contributed by atoms with Crippen molar-refractivity contribution < 1.29 is 4.74 Å². The molecule has 0 spiro atoms. The summed E-state index contributed by atoms with van der Waals surface area (Å²) in [7, 11) is 1.66. The Labute approximate surface area is 112 Å².